The van der Waals surface area contributed by atoms with E-state index in [-0.39, 0.29) is 0 Å². The van der Waals surface area contributed by atoms with E-state index in [4.69, 9.17) is 0 Å². The molecule has 8 heavy (non-hydrogen) atoms. The van der Waals surface area contributed by atoms with Crippen LogP contribution in [0.15, 0.2) is 10.1 Å². The molecule has 0 aromatic carbocycles. The summed E-state index contributed by atoms with van der Waals surface area (Å²) in [5.41, 5.74) is 0. The van der Waals surface area contributed by atoms with Gasteiger partial charge in [0.1, 0.15) is 6.34 Å². The zero-order valence-corrected chi connectivity index (χ0v) is 5.33. The van der Waals surface area contributed by atoms with E-state index in [0.29, 0.717) is 0 Å². The predicted molar refractivity (Wildman–Crippen MR) is 36.3 cm³/mol. The summed E-state index contributed by atoms with van der Waals surface area (Å²) in [6.45, 7) is 6.15. The van der Waals surface area contributed by atoms with Gasteiger partial charge in [-0.1, -0.05) is 0 Å². The van der Waals surface area contributed by atoms with Crippen LogP contribution in [0.4, 0.5) is 0 Å². The Morgan fingerprint density at radius 3 is 2.75 bits per heavy atom. The standard InChI is InChI=1S/C5H11N3/c1-4-8(3)7-5-6-2/h5H,2,4H2,1,3H3/b7-5-. The van der Waals surface area contributed by atoms with Gasteiger partial charge in [-0.3, -0.25) is 10.0 Å². The molecule has 0 amide bonds. The van der Waals surface area contributed by atoms with Gasteiger partial charge in [0.2, 0.25) is 0 Å². The first-order valence-corrected chi connectivity index (χ1v) is 2.50. The maximum absolute atomic E-state index is 3.84. The van der Waals surface area contributed by atoms with E-state index >= 15 is 0 Å². The van der Waals surface area contributed by atoms with Gasteiger partial charge in [-0.25, -0.2) is 0 Å². The van der Waals surface area contributed by atoms with Crippen molar-refractivity contribution in [1.29, 1.82) is 0 Å². The van der Waals surface area contributed by atoms with Crippen molar-refractivity contribution in [3.05, 3.63) is 0 Å². The molecular weight excluding hydrogens is 102 g/mol. The Hall–Kier alpha value is -0.860. The molecule has 0 aliphatic rings. The molecule has 0 unspecified atom stereocenters. The molecule has 0 atom stereocenters. The Morgan fingerprint density at radius 2 is 2.38 bits per heavy atom. The van der Waals surface area contributed by atoms with Crippen LogP contribution in [0.5, 0.6) is 0 Å². The van der Waals surface area contributed by atoms with Gasteiger partial charge in [0, 0.05) is 13.6 Å². The quantitative estimate of drug-likeness (QED) is 0.299. The second kappa shape index (κ2) is 4.30. The fourth-order valence-electron chi connectivity index (χ4n) is 0.206. The normalized spacial score (nSPS) is 9.75. The summed E-state index contributed by atoms with van der Waals surface area (Å²) in [6, 6.07) is 0. The van der Waals surface area contributed by atoms with E-state index in [9.17, 15) is 0 Å². The van der Waals surface area contributed by atoms with Crippen molar-refractivity contribution in [2.75, 3.05) is 13.6 Å². The van der Waals surface area contributed by atoms with Crippen LogP contribution in [0.2, 0.25) is 0 Å². The highest BCUT2D eigenvalue weighted by Crippen LogP contribution is 1.77. The smallest absolute Gasteiger partial charge is 0.134 e. The molecule has 0 rings (SSSR count). The molecule has 3 heteroatoms. The first-order chi connectivity index (χ1) is 3.81. The van der Waals surface area contributed by atoms with Crippen LogP contribution in [-0.2, 0) is 0 Å². The lowest BCUT2D eigenvalue weighted by Crippen LogP contribution is -2.08. The molecule has 0 fully saturated rings. The first kappa shape index (κ1) is 7.14. The highest BCUT2D eigenvalue weighted by molar-refractivity contribution is 5.61. The zero-order chi connectivity index (χ0) is 6.41. The maximum atomic E-state index is 3.84. The average molecular weight is 113 g/mol. The summed E-state index contributed by atoms with van der Waals surface area (Å²) in [6.07, 6.45) is 1.42. The third-order valence-corrected chi connectivity index (χ3v) is 0.788. The van der Waals surface area contributed by atoms with Gasteiger partial charge in [-0.15, -0.1) is 0 Å². The molecule has 0 aliphatic carbocycles. The fourth-order valence-corrected chi connectivity index (χ4v) is 0.206. The van der Waals surface area contributed by atoms with Crippen molar-refractivity contribution in [3.63, 3.8) is 0 Å². The Bertz CT molecular complexity index is 87.7. The number of hydrazone groups is 1. The fraction of sp³-hybridized carbons (Fsp3) is 0.600. The summed E-state index contributed by atoms with van der Waals surface area (Å²) >= 11 is 0. The molecule has 0 saturated heterocycles. The van der Waals surface area contributed by atoms with Crippen molar-refractivity contribution in [2.24, 2.45) is 10.1 Å². The van der Waals surface area contributed by atoms with E-state index < -0.39 is 0 Å². The number of aliphatic imine (C=N–C) groups is 1. The lowest BCUT2D eigenvalue weighted by Gasteiger charge is -2.05. The SMILES string of the molecule is C=N/C=N\N(C)CC. The number of hydrogen-bond acceptors (Lipinski definition) is 2. The van der Waals surface area contributed by atoms with E-state index in [0.717, 1.165) is 6.54 Å². The monoisotopic (exact) mass is 113 g/mol. The van der Waals surface area contributed by atoms with Crippen molar-refractivity contribution in [2.45, 2.75) is 6.92 Å². The Morgan fingerprint density at radius 1 is 1.75 bits per heavy atom. The lowest BCUT2D eigenvalue weighted by atomic mass is 10.7. The molecule has 0 saturated carbocycles. The van der Waals surface area contributed by atoms with Crippen LogP contribution in [0, 0.1) is 0 Å². The second-order valence-corrected chi connectivity index (χ2v) is 1.39. The minimum absolute atomic E-state index is 0.895. The minimum atomic E-state index is 0.895. The zero-order valence-electron chi connectivity index (χ0n) is 5.33. The van der Waals surface area contributed by atoms with E-state index in [1.165, 1.54) is 6.34 Å². The second-order valence-electron chi connectivity index (χ2n) is 1.39. The van der Waals surface area contributed by atoms with Crippen molar-refractivity contribution in [3.8, 4) is 0 Å². The highest BCUT2D eigenvalue weighted by Gasteiger charge is 1.78. The maximum Gasteiger partial charge on any atom is 0.134 e. The van der Waals surface area contributed by atoms with Gasteiger partial charge in [0.25, 0.3) is 0 Å². The third kappa shape index (κ3) is 3.33. The van der Waals surface area contributed by atoms with Gasteiger partial charge in [-0.05, 0) is 13.6 Å². The third-order valence-electron chi connectivity index (χ3n) is 0.788. The van der Waals surface area contributed by atoms with Crippen LogP contribution in [-0.4, -0.2) is 31.7 Å². The molecule has 0 aromatic heterocycles. The van der Waals surface area contributed by atoms with E-state index in [1.54, 1.807) is 5.01 Å². The first-order valence-electron chi connectivity index (χ1n) is 2.50. The molecule has 0 aromatic rings. The molecule has 0 radical (unpaired) electrons. The molecule has 0 N–H and O–H groups in total. The lowest BCUT2D eigenvalue weighted by molar-refractivity contribution is 0.377. The molecule has 0 heterocycles. The van der Waals surface area contributed by atoms with Crippen LogP contribution in [0.25, 0.3) is 0 Å². The van der Waals surface area contributed by atoms with Crippen LogP contribution < -0.4 is 0 Å². The van der Waals surface area contributed by atoms with Crippen molar-refractivity contribution < 1.29 is 0 Å². The van der Waals surface area contributed by atoms with Crippen LogP contribution in [0.1, 0.15) is 6.92 Å². The number of rotatable bonds is 3. The van der Waals surface area contributed by atoms with Gasteiger partial charge >= 0.3 is 0 Å². The summed E-state index contributed by atoms with van der Waals surface area (Å²) in [7, 11) is 1.88. The topological polar surface area (TPSA) is 28.0 Å². The largest absolute Gasteiger partial charge is 0.299 e. The van der Waals surface area contributed by atoms with Crippen LogP contribution in [0.3, 0.4) is 0 Å². The average Bonchev–Trinajstić information content (AvgIpc) is 1.83. The minimum Gasteiger partial charge on any atom is -0.299 e. The van der Waals surface area contributed by atoms with E-state index in [2.05, 4.69) is 16.8 Å². The van der Waals surface area contributed by atoms with Gasteiger partial charge in [0.05, 0.1) is 0 Å². The van der Waals surface area contributed by atoms with Gasteiger partial charge in [0.15, 0.2) is 0 Å². The molecular formula is C5H11N3. The Kier molecular flexibility index (Phi) is 3.84. The Balaban J connectivity index is 3.35. The summed E-state index contributed by atoms with van der Waals surface area (Å²) in [4.78, 5) is 3.44. The molecule has 0 spiro atoms. The predicted octanol–water partition coefficient (Wildman–Crippen LogP) is 0.582. The molecule has 0 bridgehead atoms. The van der Waals surface area contributed by atoms with Gasteiger partial charge in [-0.2, -0.15) is 5.10 Å². The van der Waals surface area contributed by atoms with Gasteiger partial charge < -0.3 is 0 Å². The molecule has 0 aliphatic heterocycles. The molecule has 3 nitrogen and oxygen atoms in total. The van der Waals surface area contributed by atoms with Crippen molar-refractivity contribution in [1.82, 2.24) is 5.01 Å². The summed E-state index contributed by atoms with van der Waals surface area (Å²) < 4.78 is 0. The Labute approximate surface area is 49.7 Å². The summed E-state index contributed by atoms with van der Waals surface area (Å²) in [5.74, 6) is 0. The summed E-state index contributed by atoms with van der Waals surface area (Å²) in [5, 5.41) is 5.61. The number of hydrogen-bond donors (Lipinski definition) is 0. The van der Waals surface area contributed by atoms with Crippen LogP contribution >= 0.6 is 0 Å². The van der Waals surface area contributed by atoms with Crippen molar-refractivity contribution >= 4 is 13.1 Å². The van der Waals surface area contributed by atoms with E-state index in [1.807, 2.05) is 14.0 Å². The number of nitrogens with zero attached hydrogens (tertiary/aromatic N) is 3. The molecule has 46 valence electrons. The highest BCUT2D eigenvalue weighted by atomic mass is 15.4.